The average Bonchev–Trinajstić information content (AvgIpc) is 2.51. The maximum atomic E-state index is 10.2. The van der Waals surface area contributed by atoms with Gasteiger partial charge in [-0.05, 0) is 6.42 Å². The van der Waals surface area contributed by atoms with E-state index in [4.69, 9.17) is 10.2 Å². The quantitative estimate of drug-likeness (QED) is 0.653. The Morgan fingerprint density at radius 3 is 3.00 bits per heavy atom. The zero-order valence-electron chi connectivity index (χ0n) is 7.05. The molecule has 2 N–H and O–H groups in total. The highest BCUT2D eigenvalue weighted by molar-refractivity contribution is 5.66. The van der Waals surface area contributed by atoms with Gasteiger partial charge in [0.25, 0.3) is 0 Å². The van der Waals surface area contributed by atoms with Crippen LogP contribution in [0.15, 0.2) is 6.33 Å². The smallest absolute Gasteiger partial charge is 0.303 e. The van der Waals surface area contributed by atoms with Gasteiger partial charge in [-0.2, -0.15) is 0 Å². The fourth-order valence-electron chi connectivity index (χ4n) is 0.989. The number of carboxylic acid groups (broad SMARTS) is 1. The molecule has 0 atom stereocenters. The molecule has 13 heavy (non-hydrogen) atoms. The molecule has 0 saturated heterocycles. The number of aliphatic hydroxyl groups excluding tert-OH is 1. The lowest BCUT2D eigenvalue weighted by atomic mass is 10.3. The number of rotatable bonds is 5. The first kappa shape index (κ1) is 9.66. The molecule has 1 rings (SSSR count). The molecule has 0 spiro atoms. The summed E-state index contributed by atoms with van der Waals surface area (Å²) in [5.74, 6) is -0.357. The number of aryl methyl sites for hydroxylation is 1. The lowest BCUT2D eigenvalue weighted by Crippen LogP contribution is -2.05. The van der Waals surface area contributed by atoms with Crippen molar-refractivity contribution in [1.29, 1.82) is 0 Å². The third kappa shape index (κ3) is 2.83. The predicted molar refractivity (Wildman–Crippen MR) is 42.8 cm³/mol. The van der Waals surface area contributed by atoms with Crippen LogP contribution >= 0.6 is 0 Å². The van der Waals surface area contributed by atoms with Crippen LogP contribution in [-0.4, -0.2) is 30.9 Å². The molecule has 1 heterocycles. The molecule has 72 valence electrons. The number of aromatic nitrogens is 3. The van der Waals surface area contributed by atoms with Crippen molar-refractivity contribution in [1.82, 2.24) is 14.8 Å². The number of aliphatic hydroxyl groups is 1. The highest BCUT2D eigenvalue weighted by atomic mass is 16.4. The van der Waals surface area contributed by atoms with E-state index in [9.17, 15) is 4.79 Å². The molecule has 0 aliphatic carbocycles. The number of nitrogens with zero attached hydrogens (tertiary/aromatic N) is 3. The van der Waals surface area contributed by atoms with Crippen molar-refractivity contribution >= 4 is 5.97 Å². The first-order chi connectivity index (χ1) is 6.24. The van der Waals surface area contributed by atoms with Gasteiger partial charge in [-0.3, -0.25) is 4.79 Å². The minimum Gasteiger partial charge on any atom is -0.481 e. The lowest BCUT2D eigenvalue weighted by molar-refractivity contribution is -0.137. The van der Waals surface area contributed by atoms with Gasteiger partial charge in [0.05, 0.1) is 0 Å². The highest BCUT2D eigenvalue weighted by Crippen LogP contribution is 1.99. The summed E-state index contributed by atoms with van der Waals surface area (Å²) in [6.07, 6.45) is 2.11. The second kappa shape index (κ2) is 4.56. The zero-order chi connectivity index (χ0) is 9.68. The summed E-state index contributed by atoms with van der Waals surface area (Å²) in [6.45, 7) is 0.349. The Kier molecular flexibility index (Phi) is 3.39. The molecular weight excluding hydrogens is 174 g/mol. The van der Waals surface area contributed by atoms with Crippen LogP contribution < -0.4 is 0 Å². The van der Waals surface area contributed by atoms with Gasteiger partial charge in [0.15, 0.2) is 5.82 Å². The molecule has 6 heteroatoms. The molecule has 1 aromatic rings. The largest absolute Gasteiger partial charge is 0.481 e. The molecule has 0 aliphatic rings. The van der Waals surface area contributed by atoms with Gasteiger partial charge < -0.3 is 14.8 Å². The van der Waals surface area contributed by atoms with E-state index in [0.717, 1.165) is 0 Å². The van der Waals surface area contributed by atoms with Crippen LogP contribution in [0.2, 0.25) is 0 Å². The summed E-state index contributed by atoms with van der Waals surface area (Å²) in [6, 6.07) is 0. The molecular formula is C7H11N3O3. The number of carboxylic acids is 1. The molecule has 0 aromatic carbocycles. The average molecular weight is 185 g/mol. The SMILES string of the molecule is O=C(O)CCCn1cnnc1CO. The van der Waals surface area contributed by atoms with Crippen molar-refractivity contribution < 1.29 is 15.0 Å². The normalized spacial score (nSPS) is 10.2. The summed E-state index contributed by atoms with van der Waals surface area (Å²) in [5.41, 5.74) is 0. The number of hydrogen-bond donors (Lipinski definition) is 2. The van der Waals surface area contributed by atoms with Gasteiger partial charge in [0, 0.05) is 13.0 Å². The fourth-order valence-corrected chi connectivity index (χ4v) is 0.989. The summed E-state index contributed by atoms with van der Waals surface area (Å²) in [5, 5.41) is 24.4. The Morgan fingerprint density at radius 1 is 1.62 bits per heavy atom. The van der Waals surface area contributed by atoms with E-state index in [1.54, 1.807) is 4.57 Å². The van der Waals surface area contributed by atoms with Gasteiger partial charge >= 0.3 is 5.97 Å². The Balaban J connectivity index is 2.40. The van der Waals surface area contributed by atoms with E-state index in [2.05, 4.69) is 10.2 Å². The second-order valence-corrected chi connectivity index (χ2v) is 2.60. The van der Waals surface area contributed by atoms with E-state index < -0.39 is 5.97 Å². The Bertz CT molecular complexity index is 284. The fraction of sp³-hybridized carbons (Fsp3) is 0.571. The van der Waals surface area contributed by atoms with Gasteiger partial charge in [-0.1, -0.05) is 0 Å². The Hall–Kier alpha value is -1.43. The van der Waals surface area contributed by atoms with Crippen LogP contribution in [0, 0.1) is 0 Å². The number of hydrogen-bond acceptors (Lipinski definition) is 4. The van der Waals surface area contributed by atoms with Crippen molar-refractivity contribution in [2.45, 2.75) is 26.0 Å². The summed E-state index contributed by atoms with van der Waals surface area (Å²) < 4.78 is 1.64. The molecule has 0 unspecified atom stereocenters. The topological polar surface area (TPSA) is 88.2 Å². The van der Waals surface area contributed by atoms with Crippen molar-refractivity contribution in [3.63, 3.8) is 0 Å². The minimum atomic E-state index is -0.821. The van der Waals surface area contributed by atoms with Gasteiger partial charge in [0.2, 0.25) is 0 Å². The third-order valence-corrected chi connectivity index (χ3v) is 1.63. The monoisotopic (exact) mass is 185 g/mol. The molecule has 0 saturated carbocycles. The van der Waals surface area contributed by atoms with Crippen molar-refractivity contribution in [3.05, 3.63) is 12.2 Å². The van der Waals surface area contributed by atoms with Crippen LogP contribution in [0.3, 0.4) is 0 Å². The first-order valence-corrected chi connectivity index (χ1v) is 3.93. The van der Waals surface area contributed by atoms with E-state index in [0.29, 0.717) is 18.8 Å². The Labute approximate surface area is 74.8 Å². The standard InChI is InChI=1S/C7H11N3O3/c11-4-6-9-8-5-10(6)3-1-2-7(12)13/h5,11H,1-4H2,(H,12,13). The summed E-state index contributed by atoms with van der Waals surface area (Å²) in [7, 11) is 0. The van der Waals surface area contributed by atoms with Gasteiger partial charge in [-0.25, -0.2) is 0 Å². The third-order valence-electron chi connectivity index (χ3n) is 1.63. The summed E-state index contributed by atoms with van der Waals surface area (Å²) >= 11 is 0. The van der Waals surface area contributed by atoms with Gasteiger partial charge in [-0.15, -0.1) is 10.2 Å². The maximum absolute atomic E-state index is 10.2. The van der Waals surface area contributed by atoms with E-state index in [-0.39, 0.29) is 13.0 Å². The Morgan fingerprint density at radius 2 is 2.38 bits per heavy atom. The number of aliphatic carboxylic acids is 1. The molecule has 0 aliphatic heterocycles. The van der Waals surface area contributed by atoms with E-state index in [1.165, 1.54) is 6.33 Å². The lowest BCUT2D eigenvalue weighted by Gasteiger charge is -2.01. The van der Waals surface area contributed by atoms with E-state index >= 15 is 0 Å². The first-order valence-electron chi connectivity index (χ1n) is 3.93. The summed E-state index contributed by atoms with van der Waals surface area (Å²) in [4.78, 5) is 10.2. The molecule has 0 fully saturated rings. The number of carbonyl (C=O) groups is 1. The van der Waals surface area contributed by atoms with Crippen LogP contribution in [0.4, 0.5) is 0 Å². The van der Waals surface area contributed by atoms with E-state index in [1.807, 2.05) is 0 Å². The van der Waals surface area contributed by atoms with Crippen molar-refractivity contribution in [3.8, 4) is 0 Å². The molecule has 0 radical (unpaired) electrons. The van der Waals surface area contributed by atoms with Crippen molar-refractivity contribution in [2.24, 2.45) is 0 Å². The predicted octanol–water partition coefficient (Wildman–Crippen LogP) is -0.365. The van der Waals surface area contributed by atoms with Crippen molar-refractivity contribution in [2.75, 3.05) is 0 Å². The van der Waals surface area contributed by atoms with Crippen LogP contribution in [0.1, 0.15) is 18.7 Å². The van der Waals surface area contributed by atoms with Crippen LogP contribution in [0.5, 0.6) is 0 Å². The zero-order valence-corrected chi connectivity index (χ0v) is 7.05. The second-order valence-electron chi connectivity index (χ2n) is 2.60. The molecule has 0 amide bonds. The minimum absolute atomic E-state index is 0.114. The molecule has 0 bridgehead atoms. The maximum Gasteiger partial charge on any atom is 0.303 e. The van der Waals surface area contributed by atoms with Gasteiger partial charge in [0.1, 0.15) is 12.9 Å². The molecule has 1 aromatic heterocycles. The molecule has 6 nitrogen and oxygen atoms in total. The van der Waals surface area contributed by atoms with Crippen LogP contribution in [-0.2, 0) is 17.9 Å². The van der Waals surface area contributed by atoms with Crippen LogP contribution in [0.25, 0.3) is 0 Å². The highest BCUT2D eigenvalue weighted by Gasteiger charge is 2.02.